The maximum absolute atomic E-state index is 4.81. The first-order chi connectivity index (χ1) is 8.85. The molecule has 1 heterocycles. The van der Waals surface area contributed by atoms with Crippen LogP contribution in [-0.4, -0.2) is 17.5 Å². The zero-order valence-electron chi connectivity index (χ0n) is 10.7. The molecule has 0 saturated heterocycles. The Morgan fingerprint density at radius 1 is 1.11 bits per heavy atom. The highest BCUT2D eigenvalue weighted by molar-refractivity contribution is 8.14. The Morgan fingerprint density at radius 2 is 1.89 bits per heavy atom. The number of benzene rings is 2. The van der Waals surface area contributed by atoms with Crippen LogP contribution in [0.2, 0.25) is 0 Å². The van der Waals surface area contributed by atoms with Crippen molar-refractivity contribution in [2.75, 3.05) is 17.2 Å². The van der Waals surface area contributed by atoms with Crippen LogP contribution in [0.25, 0.3) is 10.8 Å². The maximum atomic E-state index is 4.81. The minimum absolute atomic E-state index is 0.958. The van der Waals surface area contributed by atoms with Crippen LogP contribution >= 0.6 is 11.8 Å². The number of hydrogen-bond donors (Lipinski definition) is 0. The second kappa shape index (κ2) is 4.65. The van der Waals surface area contributed by atoms with E-state index >= 15 is 0 Å². The molecule has 0 atom stereocenters. The molecule has 2 aromatic carbocycles. The van der Waals surface area contributed by atoms with Gasteiger partial charge in [0.1, 0.15) is 0 Å². The first-order valence-corrected chi connectivity index (χ1v) is 7.34. The molecule has 0 aromatic heterocycles. The number of hydrogen-bond acceptors (Lipinski definition) is 3. The number of amidine groups is 1. The van der Waals surface area contributed by atoms with E-state index in [-0.39, 0.29) is 0 Å². The Labute approximate surface area is 112 Å². The Bertz CT molecular complexity index is 614. The van der Waals surface area contributed by atoms with Crippen molar-refractivity contribution in [3.05, 3.63) is 36.4 Å². The Morgan fingerprint density at radius 3 is 2.61 bits per heavy atom. The number of rotatable bonds is 2. The van der Waals surface area contributed by atoms with Crippen molar-refractivity contribution in [3.63, 3.8) is 0 Å². The van der Waals surface area contributed by atoms with E-state index in [9.17, 15) is 0 Å². The first-order valence-electron chi connectivity index (χ1n) is 6.36. The minimum Gasteiger partial charge on any atom is -0.321 e. The Kier molecular flexibility index (Phi) is 3.00. The summed E-state index contributed by atoms with van der Waals surface area (Å²) in [6.45, 7) is 5.31. The number of aliphatic imine (C=N–C) groups is 1. The van der Waals surface area contributed by atoms with Crippen molar-refractivity contribution in [2.24, 2.45) is 4.99 Å². The SMILES string of the molecule is CCSC1=Nc2cccc3cccc(c23)N1CC. The molecule has 2 nitrogen and oxygen atoms in total. The molecule has 0 bridgehead atoms. The molecule has 3 heteroatoms. The van der Waals surface area contributed by atoms with E-state index in [0.29, 0.717) is 0 Å². The molecule has 2 aromatic rings. The third kappa shape index (κ3) is 1.70. The van der Waals surface area contributed by atoms with E-state index in [1.54, 1.807) is 0 Å². The number of anilines is 1. The zero-order chi connectivity index (χ0) is 12.5. The lowest BCUT2D eigenvalue weighted by Gasteiger charge is -2.29. The lowest BCUT2D eigenvalue weighted by molar-refractivity contribution is 1.07. The van der Waals surface area contributed by atoms with Crippen molar-refractivity contribution in [1.82, 2.24) is 0 Å². The summed E-state index contributed by atoms with van der Waals surface area (Å²) in [6.07, 6.45) is 0. The normalized spacial score (nSPS) is 13.9. The quantitative estimate of drug-likeness (QED) is 0.790. The van der Waals surface area contributed by atoms with Gasteiger partial charge < -0.3 is 4.90 Å². The fourth-order valence-corrected chi connectivity index (χ4v) is 3.24. The third-order valence-electron chi connectivity index (χ3n) is 3.19. The van der Waals surface area contributed by atoms with Crippen molar-refractivity contribution in [1.29, 1.82) is 0 Å². The molecular weight excluding hydrogens is 240 g/mol. The van der Waals surface area contributed by atoms with E-state index in [0.717, 1.165) is 23.2 Å². The van der Waals surface area contributed by atoms with Crippen LogP contribution in [0.1, 0.15) is 13.8 Å². The molecule has 1 aliphatic rings. The van der Waals surface area contributed by atoms with E-state index < -0.39 is 0 Å². The molecule has 18 heavy (non-hydrogen) atoms. The van der Waals surface area contributed by atoms with Crippen LogP contribution in [-0.2, 0) is 0 Å². The van der Waals surface area contributed by atoms with Gasteiger partial charge in [0, 0.05) is 11.9 Å². The van der Waals surface area contributed by atoms with Gasteiger partial charge in [0.25, 0.3) is 0 Å². The minimum atomic E-state index is 0.958. The second-order valence-corrected chi connectivity index (χ2v) is 5.46. The van der Waals surface area contributed by atoms with Gasteiger partial charge in [0.15, 0.2) is 5.17 Å². The van der Waals surface area contributed by atoms with E-state index in [1.165, 1.54) is 16.5 Å². The molecule has 0 amide bonds. The third-order valence-corrected chi connectivity index (χ3v) is 4.05. The molecule has 3 rings (SSSR count). The summed E-state index contributed by atoms with van der Waals surface area (Å²) in [7, 11) is 0. The highest BCUT2D eigenvalue weighted by Crippen LogP contribution is 2.39. The summed E-state index contributed by atoms with van der Waals surface area (Å²) in [6, 6.07) is 12.8. The van der Waals surface area contributed by atoms with Crippen molar-refractivity contribution in [3.8, 4) is 0 Å². The van der Waals surface area contributed by atoms with Gasteiger partial charge in [-0.1, -0.05) is 43.0 Å². The predicted molar refractivity (Wildman–Crippen MR) is 82.2 cm³/mol. The molecule has 0 saturated carbocycles. The highest BCUT2D eigenvalue weighted by Gasteiger charge is 2.20. The Balaban J connectivity index is 2.27. The highest BCUT2D eigenvalue weighted by atomic mass is 32.2. The van der Waals surface area contributed by atoms with Gasteiger partial charge >= 0.3 is 0 Å². The molecule has 0 N–H and O–H groups in total. The van der Waals surface area contributed by atoms with Crippen LogP contribution in [0.4, 0.5) is 11.4 Å². The molecule has 0 fully saturated rings. The zero-order valence-corrected chi connectivity index (χ0v) is 11.5. The lowest BCUT2D eigenvalue weighted by Crippen LogP contribution is -2.30. The van der Waals surface area contributed by atoms with Crippen LogP contribution in [0.3, 0.4) is 0 Å². The van der Waals surface area contributed by atoms with Gasteiger partial charge in [-0.15, -0.1) is 0 Å². The smallest absolute Gasteiger partial charge is 0.168 e. The fraction of sp³-hybridized carbons (Fsp3) is 0.267. The maximum Gasteiger partial charge on any atom is 0.168 e. The lowest BCUT2D eigenvalue weighted by atomic mass is 10.1. The summed E-state index contributed by atoms with van der Waals surface area (Å²) in [5.41, 5.74) is 2.39. The average Bonchev–Trinajstić information content (AvgIpc) is 2.40. The molecule has 92 valence electrons. The molecule has 0 unspecified atom stereocenters. The Hall–Kier alpha value is -1.48. The van der Waals surface area contributed by atoms with Crippen LogP contribution in [0.15, 0.2) is 41.4 Å². The van der Waals surface area contributed by atoms with Gasteiger partial charge in [0.05, 0.1) is 11.4 Å². The second-order valence-electron chi connectivity index (χ2n) is 4.22. The number of nitrogens with zero attached hydrogens (tertiary/aromatic N) is 2. The summed E-state index contributed by atoms with van der Waals surface area (Å²) in [5.74, 6) is 1.05. The first kappa shape index (κ1) is 11.6. The summed E-state index contributed by atoms with van der Waals surface area (Å²) in [5, 5.41) is 3.67. The van der Waals surface area contributed by atoms with Gasteiger partial charge in [0.2, 0.25) is 0 Å². The van der Waals surface area contributed by atoms with E-state index in [1.807, 2.05) is 11.8 Å². The molecule has 0 spiro atoms. The van der Waals surface area contributed by atoms with Crippen molar-refractivity contribution < 1.29 is 0 Å². The summed E-state index contributed by atoms with van der Waals surface area (Å²) in [4.78, 5) is 7.12. The van der Waals surface area contributed by atoms with Gasteiger partial charge in [-0.3, -0.25) is 0 Å². The summed E-state index contributed by atoms with van der Waals surface area (Å²) < 4.78 is 0. The topological polar surface area (TPSA) is 15.6 Å². The average molecular weight is 256 g/mol. The van der Waals surface area contributed by atoms with E-state index in [2.05, 4.69) is 55.1 Å². The van der Waals surface area contributed by atoms with Crippen LogP contribution in [0, 0.1) is 0 Å². The fourth-order valence-electron chi connectivity index (χ4n) is 2.43. The largest absolute Gasteiger partial charge is 0.321 e. The molecule has 0 aliphatic carbocycles. The summed E-state index contributed by atoms with van der Waals surface area (Å²) >= 11 is 1.81. The monoisotopic (exact) mass is 256 g/mol. The number of thioether (sulfide) groups is 1. The van der Waals surface area contributed by atoms with Crippen molar-refractivity contribution in [2.45, 2.75) is 13.8 Å². The van der Waals surface area contributed by atoms with Crippen molar-refractivity contribution >= 4 is 39.1 Å². The molecule has 1 aliphatic heterocycles. The molecular formula is C15H16N2S. The van der Waals surface area contributed by atoms with E-state index in [4.69, 9.17) is 4.99 Å². The predicted octanol–water partition coefficient (Wildman–Crippen LogP) is 4.42. The standard InChI is InChI=1S/C15H16N2S/c1-3-17-13-10-6-8-11-7-5-9-12(14(11)13)16-15(17)18-4-2/h5-10H,3-4H2,1-2H3. The van der Waals surface area contributed by atoms with Gasteiger partial charge in [-0.2, -0.15) is 0 Å². The van der Waals surface area contributed by atoms with Gasteiger partial charge in [-0.05, 0) is 30.2 Å². The van der Waals surface area contributed by atoms with Gasteiger partial charge in [-0.25, -0.2) is 4.99 Å². The van der Waals surface area contributed by atoms with Crippen LogP contribution < -0.4 is 4.90 Å². The van der Waals surface area contributed by atoms with Crippen LogP contribution in [0.5, 0.6) is 0 Å². The molecule has 0 radical (unpaired) electrons.